The van der Waals surface area contributed by atoms with Crippen LogP contribution in [0.1, 0.15) is 22.5 Å². The summed E-state index contributed by atoms with van der Waals surface area (Å²) in [6.07, 6.45) is 3.31. The third-order valence-electron chi connectivity index (χ3n) is 3.72. The number of nitrogens with zero attached hydrogens (tertiary/aromatic N) is 2. The Hall–Kier alpha value is -2.11. The number of carbonyl (C=O) groups is 1. The maximum Gasteiger partial charge on any atom is 0.244 e. The molecule has 1 amide bonds. The summed E-state index contributed by atoms with van der Waals surface area (Å²) < 4.78 is 6.80. The molecular formula is C18H22ClN3O2. The molecule has 1 aromatic carbocycles. The Bertz CT molecular complexity index is 738. The van der Waals surface area contributed by atoms with Crippen LogP contribution < -0.4 is 5.32 Å². The molecule has 2 aromatic rings. The van der Waals surface area contributed by atoms with E-state index in [0.717, 1.165) is 27.5 Å². The van der Waals surface area contributed by atoms with Gasteiger partial charge in [-0.1, -0.05) is 29.8 Å². The number of amides is 1. The van der Waals surface area contributed by atoms with Crippen molar-refractivity contribution < 1.29 is 9.53 Å². The highest BCUT2D eigenvalue weighted by Gasteiger charge is 2.11. The van der Waals surface area contributed by atoms with Crippen LogP contribution >= 0.6 is 11.6 Å². The lowest BCUT2D eigenvalue weighted by molar-refractivity contribution is -0.116. The minimum absolute atomic E-state index is 0.148. The average molecular weight is 348 g/mol. The topological polar surface area (TPSA) is 56.1 Å². The summed E-state index contributed by atoms with van der Waals surface area (Å²) in [5, 5.41) is 8.03. The van der Waals surface area contributed by atoms with E-state index in [-0.39, 0.29) is 5.91 Å². The number of hydrogen-bond donors (Lipinski definition) is 1. The Balaban J connectivity index is 2.11. The third kappa shape index (κ3) is 4.69. The van der Waals surface area contributed by atoms with Crippen LogP contribution in [0.5, 0.6) is 0 Å². The molecule has 0 bridgehead atoms. The Labute approximate surface area is 147 Å². The summed E-state index contributed by atoms with van der Waals surface area (Å²) in [5.74, 6) is -0.148. The van der Waals surface area contributed by atoms with Gasteiger partial charge in [0, 0.05) is 36.0 Å². The van der Waals surface area contributed by atoms with Gasteiger partial charge in [-0.05, 0) is 31.6 Å². The summed E-state index contributed by atoms with van der Waals surface area (Å²) in [6.45, 7) is 5.50. The molecule has 0 saturated carbocycles. The van der Waals surface area contributed by atoms with Crippen molar-refractivity contribution in [3.8, 4) is 0 Å². The monoisotopic (exact) mass is 347 g/mol. The van der Waals surface area contributed by atoms with Crippen LogP contribution in [-0.4, -0.2) is 35.9 Å². The second-order valence-electron chi connectivity index (χ2n) is 5.45. The van der Waals surface area contributed by atoms with Crippen molar-refractivity contribution in [3.05, 3.63) is 57.9 Å². The molecule has 24 heavy (non-hydrogen) atoms. The molecule has 0 radical (unpaired) electrons. The number of benzene rings is 1. The first kappa shape index (κ1) is 18.2. The first-order valence-electron chi connectivity index (χ1n) is 7.75. The lowest BCUT2D eigenvalue weighted by atomic mass is 10.1. The fourth-order valence-electron chi connectivity index (χ4n) is 2.39. The molecule has 6 heteroatoms. The summed E-state index contributed by atoms with van der Waals surface area (Å²) in [6, 6.07) is 7.72. The van der Waals surface area contributed by atoms with Crippen LogP contribution in [0.3, 0.4) is 0 Å². The number of hydrogen-bond acceptors (Lipinski definition) is 3. The fraction of sp³-hybridized carbons (Fsp3) is 0.333. The molecule has 1 N–H and O–H groups in total. The van der Waals surface area contributed by atoms with E-state index in [9.17, 15) is 4.79 Å². The Morgan fingerprint density at radius 3 is 2.83 bits per heavy atom. The van der Waals surface area contributed by atoms with Crippen LogP contribution in [0, 0.1) is 13.8 Å². The zero-order valence-electron chi connectivity index (χ0n) is 14.2. The van der Waals surface area contributed by atoms with Gasteiger partial charge in [-0.25, -0.2) is 0 Å². The van der Waals surface area contributed by atoms with Crippen molar-refractivity contribution in [1.82, 2.24) is 15.1 Å². The smallest absolute Gasteiger partial charge is 0.244 e. The zero-order valence-corrected chi connectivity index (χ0v) is 14.9. The summed E-state index contributed by atoms with van der Waals surface area (Å²) >= 11 is 6.22. The van der Waals surface area contributed by atoms with E-state index in [0.29, 0.717) is 19.7 Å². The van der Waals surface area contributed by atoms with Crippen molar-refractivity contribution in [3.63, 3.8) is 0 Å². The molecule has 1 heterocycles. The van der Waals surface area contributed by atoms with Gasteiger partial charge in [0.1, 0.15) is 0 Å². The first-order valence-corrected chi connectivity index (χ1v) is 8.13. The molecule has 0 aliphatic carbocycles. The average Bonchev–Trinajstić information content (AvgIpc) is 2.82. The van der Waals surface area contributed by atoms with E-state index in [1.165, 1.54) is 6.08 Å². The maximum atomic E-state index is 11.8. The van der Waals surface area contributed by atoms with E-state index in [1.54, 1.807) is 13.2 Å². The van der Waals surface area contributed by atoms with Gasteiger partial charge < -0.3 is 10.1 Å². The van der Waals surface area contributed by atoms with Gasteiger partial charge in [-0.2, -0.15) is 5.10 Å². The van der Waals surface area contributed by atoms with E-state index in [4.69, 9.17) is 16.3 Å². The predicted octanol–water partition coefficient (Wildman–Crippen LogP) is 2.98. The molecule has 0 aliphatic heterocycles. The molecule has 0 unspecified atom stereocenters. The molecule has 0 saturated heterocycles. The Morgan fingerprint density at radius 1 is 1.38 bits per heavy atom. The molecule has 0 fully saturated rings. The standard InChI is InChI=1S/C18H22ClN3O2/c1-13-16(8-9-18(23)20-10-11-24-3)14(2)22(21-13)12-15-6-4-5-7-17(15)19/h4-9H,10-12H2,1-3H3,(H,20,23)/b9-8+. The molecular weight excluding hydrogens is 326 g/mol. The Kier molecular flexibility index (Phi) is 6.58. The van der Waals surface area contributed by atoms with E-state index in [1.807, 2.05) is 42.8 Å². The number of aromatic nitrogens is 2. The van der Waals surface area contributed by atoms with Gasteiger partial charge in [-0.15, -0.1) is 0 Å². The van der Waals surface area contributed by atoms with E-state index in [2.05, 4.69) is 10.4 Å². The van der Waals surface area contributed by atoms with Gasteiger partial charge in [0.2, 0.25) is 5.91 Å². The molecule has 1 aromatic heterocycles. The molecule has 128 valence electrons. The van der Waals surface area contributed by atoms with Crippen LogP contribution in [0.4, 0.5) is 0 Å². The number of ether oxygens (including phenoxy) is 1. The van der Waals surface area contributed by atoms with Crippen molar-refractivity contribution in [2.45, 2.75) is 20.4 Å². The Morgan fingerprint density at radius 2 is 2.12 bits per heavy atom. The number of carbonyl (C=O) groups excluding carboxylic acids is 1. The van der Waals surface area contributed by atoms with Gasteiger partial charge in [0.25, 0.3) is 0 Å². The highest BCUT2D eigenvalue weighted by molar-refractivity contribution is 6.31. The zero-order chi connectivity index (χ0) is 17.5. The van der Waals surface area contributed by atoms with Crippen LogP contribution in [0.15, 0.2) is 30.3 Å². The normalized spacial score (nSPS) is 11.2. The second-order valence-corrected chi connectivity index (χ2v) is 5.86. The van der Waals surface area contributed by atoms with Crippen LogP contribution in [0.25, 0.3) is 6.08 Å². The van der Waals surface area contributed by atoms with Crippen molar-refractivity contribution >= 4 is 23.6 Å². The number of methoxy groups -OCH3 is 1. The number of aryl methyl sites for hydroxylation is 1. The van der Waals surface area contributed by atoms with Gasteiger partial charge in [-0.3, -0.25) is 9.48 Å². The highest BCUT2D eigenvalue weighted by Crippen LogP contribution is 2.20. The predicted molar refractivity (Wildman–Crippen MR) is 96.2 cm³/mol. The lowest BCUT2D eigenvalue weighted by Crippen LogP contribution is -2.24. The lowest BCUT2D eigenvalue weighted by Gasteiger charge is -2.06. The highest BCUT2D eigenvalue weighted by atomic mass is 35.5. The molecule has 0 aliphatic rings. The third-order valence-corrected chi connectivity index (χ3v) is 4.09. The molecule has 0 spiro atoms. The minimum atomic E-state index is -0.148. The van der Waals surface area contributed by atoms with E-state index >= 15 is 0 Å². The largest absolute Gasteiger partial charge is 0.383 e. The number of nitrogens with one attached hydrogen (secondary N) is 1. The maximum absolute atomic E-state index is 11.8. The van der Waals surface area contributed by atoms with Gasteiger partial charge >= 0.3 is 0 Å². The van der Waals surface area contributed by atoms with Crippen LogP contribution in [0.2, 0.25) is 5.02 Å². The quantitative estimate of drug-likeness (QED) is 0.619. The van der Waals surface area contributed by atoms with Gasteiger partial charge in [0.05, 0.1) is 18.8 Å². The fourth-order valence-corrected chi connectivity index (χ4v) is 2.58. The van der Waals surface area contributed by atoms with Crippen molar-refractivity contribution in [1.29, 1.82) is 0 Å². The molecule has 2 rings (SSSR count). The summed E-state index contributed by atoms with van der Waals surface area (Å²) in [4.78, 5) is 11.8. The molecule has 0 atom stereocenters. The van der Waals surface area contributed by atoms with Crippen molar-refractivity contribution in [2.24, 2.45) is 0 Å². The molecule has 5 nitrogen and oxygen atoms in total. The van der Waals surface area contributed by atoms with Crippen LogP contribution in [-0.2, 0) is 16.1 Å². The SMILES string of the molecule is COCCNC(=O)/C=C/c1c(C)nn(Cc2ccccc2Cl)c1C. The number of halogens is 1. The van der Waals surface area contributed by atoms with Crippen molar-refractivity contribution in [2.75, 3.05) is 20.3 Å². The van der Waals surface area contributed by atoms with E-state index < -0.39 is 0 Å². The summed E-state index contributed by atoms with van der Waals surface area (Å²) in [5.41, 5.74) is 3.83. The summed E-state index contributed by atoms with van der Waals surface area (Å²) in [7, 11) is 1.60. The number of rotatable bonds is 7. The second kappa shape index (κ2) is 8.66. The first-order chi connectivity index (χ1) is 11.5. The van der Waals surface area contributed by atoms with Gasteiger partial charge in [0.15, 0.2) is 0 Å². The minimum Gasteiger partial charge on any atom is -0.383 e.